The van der Waals surface area contributed by atoms with Crippen molar-refractivity contribution in [1.29, 1.82) is 0 Å². The van der Waals surface area contributed by atoms with Crippen LogP contribution in [0, 0.1) is 5.41 Å². The Bertz CT molecular complexity index is 2100. The van der Waals surface area contributed by atoms with E-state index < -0.39 is 185 Å². The smallest absolute Gasteiger partial charge is 0.320 e. The molecule has 0 aliphatic carbocycles. The third-order valence-electron chi connectivity index (χ3n) is 14.5. The second-order valence-electron chi connectivity index (χ2n) is 20.8. The zero-order valence-corrected chi connectivity index (χ0v) is 46.9. The lowest BCUT2D eigenvalue weighted by Crippen LogP contribution is -2.61. The van der Waals surface area contributed by atoms with Gasteiger partial charge in [0.1, 0.15) is 67.0 Å². The molecule has 2 rings (SSSR count). The highest BCUT2D eigenvalue weighted by Crippen LogP contribution is 2.19. The molecule has 14 atom stereocenters. The Morgan fingerprint density at radius 3 is 1.29 bits per heavy atom. The lowest BCUT2D eigenvalue weighted by molar-refractivity contribution is -0.150. The van der Waals surface area contributed by atoms with Gasteiger partial charge in [-0.3, -0.25) is 48.3 Å². The molecule has 1 fully saturated rings. The summed E-state index contributed by atoms with van der Waals surface area (Å²) in [5.41, 5.74) is -1.64. The summed E-state index contributed by atoms with van der Waals surface area (Å²) in [5.74, 6) is -9.04. The predicted octanol–water partition coefficient (Wildman–Crippen LogP) is -10.6. The molecule has 0 aromatic heterocycles. The Hall–Kier alpha value is -5.25. The van der Waals surface area contributed by atoms with Crippen molar-refractivity contribution in [3.05, 3.63) is 35.4 Å². The standard InChI is InChI=1S/C51H88N8O25/c1-3-10-56-11-12-57(14-16-59(31(50(83)84)8-9-35(66)67)18-17-58(15-13-56)30(4-2)49(81)82)20-28-6-5-7-29(19-28)45(77)52-24-51(25-53-46(78)42(74)39(71)36(68)32(63)21-60,26-54-47(79)43(75)40(72)37(69)33(64)22-61)27-55-48(80)44(76)41(73)38(70)34(65)23-62/h5-7,19,30-34,36-44,60-65,68-76H,3-4,8-18,20-27H2,1-2H3,(H,52,77)(H,53,78)(H,54,79)(H,55,80)(H,66,67)(H,81,82)(H,83,84). The maximum Gasteiger partial charge on any atom is 0.320 e. The van der Waals surface area contributed by atoms with Gasteiger partial charge in [0.2, 0.25) is 0 Å². The van der Waals surface area contributed by atoms with Crippen LogP contribution in [0.2, 0.25) is 0 Å². The quantitative estimate of drug-likeness (QED) is 0.0297. The first-order chi connectivity index (χ1) is 39.5. The Kier molecular flexibility index (Phi) is 33.3. The lowest BCUT2D eigenvalue weighted by atomic mass is 9.86. The highest BCUT2D eigenvalue weighted by molar-refractivity contribution is 5.94. The van der Waals surface area contributed by atoms with Crippen LogP contribution in [0.5, 0.6) is 0 Å². The number of rotatable bonds is 36. The monoisotopic (exact) mass is 1210 g/mol. The number of carbonyl (C=O) groups is 7. The van der Waals surface area contributed by atoms with Crippen molar-refractivity contribution >= 4 is 41.5 Å². The molecule has 1 aromatic carbocycles. The molecule has 482 valence electrons. The van der Waals surface area contributed by atoms with Crippen molar-refractivity contribution in [1.82, 2.24) is 40.9 Å². The average Bonchev–Trinajstić information content (AvgIpc) is 3.66. The Morgan fingerprint density at radius 1 is 0.512 bits per heavy atom. The molecule has 0 spiro atoms. The van der Waals surface area contributed by atoms with Gasteiger partial charge in [0.25, 0.3) is 23.6 Å². The SMILES string of the molecule is CCCN1CCN(Cc2cccc(C(=O)NCC(CNC(=O)C(O)C(O)C(O)C(O)CO)(CNC(=O)C(O)C(O)C(O)C(O)CO)CNC(=O)C(O)C(O)C(O)C(O)CO)c2)CCN(C(CCC(=O)O)C(=O)O)CCN(C(CC)C(=O)O)CC1. The normalized spacial score (nSPS) is 20.4. The third kappa shape index (κ3) is 23.5. The second-order valence-corrected chi connectivity index (χ2v) is 20.8. The highest BCUT2D eigenvalue weighted by atomic mass is 16.4. The van der Waals surface area contributed by atoms with E-state index in [9.17, 15) is 125 Å². The molecule has 1 heterocycles. The molecule has 1 aromatic rings. The van der Waals surface area contributed by atoms with E-state index in [4.69, 9.17) is 0 Å². The maximum absolute atomic E-state index is 14.3. The van der Waals surface area contributed by atoms with Crippen LogP contribution in [0.1, 0.15) is 55.5 Å². The van der Waals surface area contributed by atoms with Gasteiger partial charge in [-0.25, -0.2) is 0 Å². The summed E-state index contributed by atoms with van der Waals surface area (Å²) in [7, 11) is 0. The summed E-state index contributed by atoms with van der Waals surface area (Å²) in [4.78, 5) is 98.6. The van der Waals surface area contributed by atoms with Gasteiger partial charge in [-0.1, -0.05) is 26.0 Å². The second kappa shape index (κ2) is 37.3. The number of benzene rings is 1. The van der Waals surface area contributed by atoms with Crippen LogP contribution < -0.4 is 21.3 Å². The first-order valence-electron chi connectivity index (χ1n) is 27.3. The van der Waals surface area contributed by atoms with Crippen molar-refractivity contribution in [2.75, 3.05) is 105 Å². The molecule has 0 saturated carbocycles. The van der Waals surface area contributed by atoms with Gasteiger partial charge >= 0.3 is 17.9 Å². The first kappa shape index (κ1) is 74.8. The fraction of sp³-hybridized carbons (Fsp3) is 0.745. The number of carboxylic acid groups (broad SMARTS) is 3. The van der Waals surface area contributed by atoms with E-state index in [0.29, 0.717) is 38.3 Å². The molecule has 33 heteroatoms. The molecule has 1 aliphatic heterocycles. The predicted molar refractivity (Wildman–Crippen MR) is 289 cm³/mol. The highest BCUT2D eigenvalue weighted by Gasteiger charge is 2.41. The van der Waals surface area contributed by atoms with Gasteiger partial charge in [0.05, 0.1) is 19.8 Å². The molecular weight excluding hydrogens is 1120 g/mol. The van der Waals surface area contributed by atoms with E-state index in [0.717, 1.165) is 6.42 Å². The van der Waals surface area contributed by atoms with Crippen LogP contribution >= 0.6 is 0 Å². The van der Waals surface area contributed by atoms with Gasteiger partial charge < -0.3 is 118 Å². The van der Waals surface area contributed by atoms with E-state index in [-0.39, 0.29) is 51.1 Å². The Morgan fingerprint density at radius 2 is 0.893 bits per heavy atom. The minimum absolute atomic E-state index is 0.0503. The zero-order valence-electron chi connectivity index (χ0n) is 46.9. The fourth-order valence-corrected chi connectivity index (χ4v) is 9.14. The van der Waals surface area contributed by atoms with Gasteiger partial charge in [-0.05, 0) is 43.5 Å². The van der Waals surface area contributed by atoms with E-state index >= 15 is 0 Å². The molecule has 4 amide bonds. The molecule has 1 saturated heterocycles. The summed E-state index contributed by atoms with van der Waals surface area (Å²) >= 11 is 0. The molecule has 0 radical (unpaired) electrons. The average molecular weight is 1210 g/mol. The minimum Gasteiger partial charge on any atom is -0.481 e. The van der Waals surface area contributed by atoms with Gasteiger partial charge in [0.15, 0.2) is 18.3 Å². The molecule has 84 heavy (non-hydrogen) atoms. The van der Waals surface area contributed by atoms with Crippen molar-refractivity contribution in [3.63, 3.8) is 0 Å². The van der Waals surface area contributed by atoms with Crippen LogP contribution in [0.15, 0.2) is 24.3 Å². The van der Waals surface area contributed by atoms with Crippen LogP contribution in [0.25, 0.3) is 0 Å². The third-order valence-corrected chi connectivity index (χ3v) is 14.5. The van der Waals surface area contributed by atoms with Gasteiger partial charge in [-0.2, -0.15) is 0 Å². The number of nitrogens with one attached hydrogen (secondary N) is 4. The number of nitrogens with zero attached hydrogens (tertiary/aromatic N) is 4. The summed E-state index contributed by atoms with van der Waals surface area (Å²) in [6.45, 7) is -0.477. The lowest BCUT2D eigenvalue weighted by Gasteiger charge is -2.37. The van der Waals surface area contributed by atoms with Crippen LogP contribution in [-0.4, -0.2) is 343 Å². The topological polar surface area (TPSA) is 545 Å². The number of amides is 4. The summed E-state index contributed by atoms with van der Waals surface area (Å²) < 4.78 is 0. The molecule has 14 unspecified atom stereocenters. The summed E-state index contributed by atoms with van der Waals surface area (Å²) in [5, 5.41) is 190. The number of aliphatic carboxylic acids is 3. The van der Waals surface area contributed by atoms with Crippen molar-refractivity contribution in [3.8, 4) is 0 Å². The number of hydrogen-bond donors (Lipinski definition) is 22. The zero-order chi connectivity index (χ0) is 63.6. The molecule has 22 N–H and O–H groups in total. The Balaban J connectivity index is 2.70. The summed E-state index contributed by atoms with van der Waals surface area (Å²) in [6, 6.07) is 3.89. The van der Waals surface area contributed by atoms with Crippen LogP contribution in [-0.2, 0) is 35.3 Å². The van der Waals surface area contributed by atoms with Crippen LogP contribution in [0.3, 0.4) is 0 Å². The number of aliphatic hydroxyl groups is 15. The molecule has 33 nitrogen and oxygen atoms in total. The van der Waals surface area contributed by atoms with Gasteiger partial charge in [0, 0.05) is 102 Å². The minimum atomic E-state index is -2.60. The number of carboxylic acids is 3. The van der Waals surface area contributed by atoms with Crippen molar-refractivity contribution < 1.29 is 125 Å². The Labute approximate surface area is 484 Å². The largest absolute Gasteiger partial charge is 0.481 e. The van der Waals surface area contributed by atoms with E-state index in [1.54, 1.807) is 22.8 Å². The molecule has 0 bridgehead atoms. The van der Waals surface area contributed by atoms with E-state index in [1.165, 1.54) is 18.2 Å². The number of aliphatic hydroxyl groups excluding tert-OH is 15. The number of hydrogen-bond acceptors (Lipinski definition) is 26. The maximum atomic E-state index is 14.3. The molecule has 1 aliphatic rings. The molecular formula is C51H88N8O25. The fourth-order valence-electron chi connectivity index (χ4n) is 9.14. The van der Waals surface area contributed by atoms with Gasteiger partial charge in [-0.15, -0.1) is 0 Å². The van der Waals surface area contributed by atoms with E-state index in [1.807, 2.05) is 11.8 Å². The van der Waals surface area contributed by atoms with Crippen molar-refractivity contribution in [2.45, 2.75) is 131 Å². The first-order valence-corrected chi connectivity index (χ1v) is 27.3. The van der Waals surface area contributed by atoms with Crippen LogP contribution in [0.4, 0.5) is 0 Å². The summed E-state index contributed by atoms with van der Waals surface area (Å²) in [6.07, 6.45) is -28.1. The van der Waals surface area contributed by atoms with Crippen molar-refractivity contribution in [2.24, 2.45) is 5.41 Å². The van der Waals surface area contributed by atoms with E-state index in [2.05, 4.69) is 26.2 Å². The number of carbonyl (C=O) groups excluding carboxylic acids is 4.